The average molecular weight is 470 g/mol. The number of halogens is 2. The number of rotatable bonds is 6. The lowest BCUT2D eigenvalue weighted by molar-refractivity contribution is -0.0675. The molecule has 4 heterocycles. The Morgan fingerprint density at radius 2 is 2.00 bits per heavy atom. The quantitative estimate of drug-likeness (QED) is 0.464. The number of nitrogens with zero attached hydrogens (tertiary/aromatic N) is 7. The largest absolute Gasteiger partial charge is 0.381 e. The first-order chi connectivity index (χ1) is 15.9. The van der Waals surface area contributed by atoms with Gasteiger partial charge >= 0.3 is 0 Å². The van der Waals surface area contributed by atoms with E-state index in [1.54, 1.807) is 23.7 Å². The molecule has 11 heteroatoms. The van der Waals surface area contributed by atoms with Gasteiger partial charge in [-0.1, -0.05) is 6.07 Å². The summed E-state index contributed by atoms with van der Waals surface area (Å²) in [7, 11) is 0. The summed E-state index contributed by atoms with van der Waals surface area (Å²) in [5.41, 5.74) is 0.204. The third kappa shape index (κ3) is 4.14. The van der Waals surface area contributed by atoms with E-state index in [4.69, 9.17) is 4.98 Å². The molecule has 170 valence electrons. The Balaban J connectivity index is 1.46. The van der Waals surface area contributed by atoms with Crippen molar-refractivity contribution in [1.29, 1.82) is 0 Å². The van der Waals surface area contributed by atoms with Gasteiger partial charge < -0.3 is 5.11 Å². The van der Waals surface area contributed by atoms with Crippen molar-refractivity contribution >= 4 is 11.3 Å². The second-order valence-corrected chi connectivity index (χ2v) is 9.14. The van der Waals surface area contributed by atoms with Crippen LogP contribution in [0.5, 0.6) is 0 Å². The van der Waals surface area contributed by atoms with Gasteiger partial charge in [0.2, 0.25) is 0 Å². The monoisotopic (exact) mass is 469 g/mol. The smallest absolute Gasteiger partial charge is 0.137 e. The Hall–Kier alpha value is -3.15. The van der Waals surface area contributed by atoms with Crippen molar-refractivity contribution in [1.82, 2.24) is 34.6 Å². The summed E-state index contributed by atoms with van der Waals surface area (Å²) in [6.07, 6.45) is 8.44. The molecular weight excluding hydrogens is 448 g/mol. The number of benzene rings is 1. The van der Waals surface area contributed by atoms with Crippen LogP contribution in [0.25, 0.3) is 10.6 Å². The van der Waals surface area contributed by atoms with Crippen LogP contribution in [0, 0.1) is 11.6 Å². The molecule has 0 bridgehead atoms. The standard InChI is InChI=1S/C22H21F2N7OS/c1-14(22(32,10-31-13-27-12-28-31)17-3-2-16(23)6-18(17)24)30-5-4-19-20(9-30)33-21(29-19)15-7-25-11-26-8-15/h2-3,6-8,11-14,32H,4-5,9-10H2,1H3/t14?,22-/m1/s1. The van der Waals surface area contributed by atoms with E-state index in [0.717, 1.165) is 33.3 Å². The predicted molar refractivity (Wildman–Crippen MR) is 117 cm³/mol. The van der Waals surface area contributed by atoms with E-state index in [1.807, 2.05) is 6.92 Å². The zero-order chi connectivity index (χ0) is 23.0. The molecule has 0 spiro atoms. The Bertz CT molecular complexity index is 1250. The molecule has 1 aliphatic heterocycles. The maximum atomic E-state index is 14.8. The summed E-state index contributed by atoms with van der Waals surface area (Å²) in [5.74, 6) is -1.50. The van der Waals surface area contributed by atoms with E-state index < -0.39 is 23.3 Å². The highest BCUT2D eigenvalue weighted by atomic mass is 32.1. The second kappa shape index (κ2) is 8.65. The van der Waals surface area contributed by atoms with Gasteiger partial charge in [-0.15, -0.1) is 11.3 Å². The van der Waals surface area contributed by atoms with Crippen LogP contribution in [-0.2, 0) is 25.1 Å². The maximum absolute atomic E-state index is 14.8. The van der Waals surface area contributed by atoms with Crippen LogP contribution in [0.1, 0.15) is 23.1 Å². The van der Waals surface area contributed by atoms with E-state index in [9.17, 15) is 13.9 Å². The molecule has 1 aromatic carbocycles. The summed E-state index contributed by atoms with van der Waals surface area (Å²) >= 11 is 1.56. The van der Waals surface area contributed by atoms with Gasteiger partial charge in [-0.25, -0.2) is 33.4 Å². The third-order valence-electron chi connectivity index (χ3n) is 6.07. The van der Waals surface area contributed by atoms with E-state index in [-0.39, 0.29) is 12.1 Å². The van der Waals surface area contributed by atoms with Crippen LogP contribution in [0.3, 0.4) is 0 Å². The Labute approximate surface area is 192 Å². The molecule has 8 nitrogen and oxygen atoms in total. The highest BCUT2D eigenvalue weighted by Crippen LogP contribution is 2.37. The highest BCUT2D eigenvalue weighted by Gasteiger charge is 2.43. The van der Waals surface area contributed by atoms with Crippen molar-refractivity contribution in [2.45, 2.75) is 38.1 Å². The van der Waals surface area contributed by atoms with Crippen LogP contribution < -0.4 is 0 Å². The van der Waals surface area contributed by atoms with E-state index >= 15 is 0 Å². The van der Waals surface area contributed by atoms with Crippen molar-refractivity contribution < 1.29 is 13.9 Å². The topological polar surface area (TPSA) is 92.8 Å². The zero-order valence-corrected chi connectivity index (χ0v) is 18.6. The zero-order valence-electron chi connectivity index (χ0n) is 17.8. The first-order valence-electron chi connectivity index (χ1n) is 10.4. The predicted octanol–water partition coefficient (Wildman–Crippen LogP) is 2.80. The summed E-state index contributed by atoms with van der Waals surface area (Å²) < 4.78 is 29.9. The Morgan fingerprint density at radius 3 is 2.73 bits per heavy atom. The molecule has 0 amide bonds. The van der Waals surface area contributed by atoms with E-state index in [2.05, 4.69) is 25.0 Å². The normalized spacial score (nSPS) is 16.8. The van der Waals surface area contributed by atoms with Gasteiger partial charge in [-0.2, -0.15) is 5.10 Å². The molecule has 4 aromatic rings. The fourth-order valence-electron chi connectivity index (χ4n) is 4.23. The van der Waals surface area contributed by atoms with Gasteiger partial charge in [0, 0.05) is 60.0 Å². The SMILES string of the molecule is CC(N1CCc2nc(-c3cncnc3)sc2C1)[C@](O)(Cn1cncn1)c1ccc(F)cc1F. The number of thiazole rings is 1. The minimum Gasteiger partial charge on any atom is -0.381 e. The lowest BCUT2D eigenvalue weighted by Gasteiger charge is -2.42. The van der Waals surface area contributed by atoms with Crippen molar-refractivity contribution in [3.63, 3.8) is 0 Å². The summed E-state index contributed by atoms with van der Waals surface area (Å²) in [4.78, 5) is 20.0. The molecule has 0 radical (unpaired) electrons. The van der Waals surface area contributed by atoms with Gasteiger partial charge in [0.25, 0.3) is 0 Å². The van der Waals surface area contributed by atoms with Gasteiger partial charge in [-0.05, 0) is 13.0 Å². The van der Waals surface area contributed by atoms with Crippen LogP contribution in [0.4, 0.5) is 8.78 Å². The average Bonchev–Trinajstić information content (AvgIpc) is 3.48. The number of fused-ring (bicyclic) bond motifs is 1. The Morgan fingerprint density at radius 1 is 1.18 bits per heavy atom. The highest BCUT2D eigenvalue weighted by molar-refractivity contribution is 7.15. The fourth-order valence-corrected chi connectivity index (χ4v) is 5.33. The van der Waals surface area contributed by atoms with Crippen molar-refractivity contribution in [3.8, 4) is 10.6 Å². The first-order valence-corrected chi connectivity index (χ1v) is 11.2. The molecule has 0 saturated carbocycles. The molecule has 1 aliphatic rings. The molecule has 0 aliphatic carbocycles. The van der Waals surface area contributed by atoms with Crippen LogP contribution >= 0.6 is 11.3 Å². The molecular formula is C22H21F2N7OS. The Kier molecular flexibility index (Phi) is 5.69. The van der Waals surface area contributed by atoms with Crippen molar-refractivity contribution in [3.05, 3.63) is 77.3 Å². The molecule has 1 unspecified atom stereocenters. The second-order valence-electron chi connectivity index (χ2n) is 8.05. The minimum atomic E-state index is -1.68. The van der Waals surface area contributed by atoms with Crippen molar-refractivity contribution in [2.75, 3.05) is 6.54 Å². The summed E-state index contributed by atoms with van der Waals surface area (Å²) in [5, 5.41) is 16.8. The molecule has 1 N–H and O–H groups in total. The number of aliphatic hydroxyl groups is 1. The summed E-state index contributed by atoms with van der Waals surface area (Å²) in [6, 6.07) is 2.73. The van der Waals surface area contributed by atoms with Gasteiger partial charge in [0.1, 0.15) is 41.2 Å². The number of aromatic nitrogens is 6. The summed E-state index contributed by atoms with van der Waals surface area (Å²) in [6.45, 7) is 2.99. The maximum Gasteiger partial charge on any atom is 0.137 e. The molecule has 0 saturated heterocycles. The molecule has 3 aromatic heterocycles. The molecule has 2 atom stereocenters. The minimum absolute atomic E-state index is 0.0177. The van der Waals surface area contributed by atoms with Crippen molar-refractivity contribution in [2.24, 2.45) is 0 Å². The van der Waals surface area contributed by atoms with Gasteiger partial charge in [-0.3, -0.25) is 4.90 Å². The van der Waals surface area contributed by atoms with E-state index in [0.29, 0.717) is 19.5 Å². The van der Waals surface area contributed by atoms with Gasteiger partial charge in [0.05, 0.1) is 12.2 Å². The number of hydrogen-bond donors (Lipinski definition) is 1. The van der Waals surface area contributed by atoms with E-state index in [1.165, 1.54) is 29.7 Å². The van der Waals surface area contributed by atoms with Gasteiger partial charge in [0.15, 0.2) is 0 Å². The fraction of sp³-hybridized carbons (Fsp3) is 0.318. The van der Waals surface area contributed by atoms with Crippen LogP contribution in [0.15, 0.2) is 49.6 Å². The lowest BCUT2D eigenvalue weighted by Crippen LogP contribution is -2.53. The molecule has 5 rings (SSSR count). The van der Waals surface area contributed by atoms with Crippen LogP contribution in [-0.4, -0.2) is 52.3 Å². The molecule has 0 fully saturated rings. The van der Waals surface area contributed by atoms with Crippen LogP contribution in [0.2, 0.25) is 0 Å². The lowest BCUT2D eigenvalue weighted by atomic mass is 9.85. The number of hydrogen-bond acceptors (Lipinski definition) is 8. The first kappa shape index (κ1) is 21.7. The third-order valence-corrected chi connectivity index (χ3v) is 7.21. The molecule has 33 heavy (non-hydrogen) atoms.